The molecule has 3 aliphatic rings. The molecule has 2 heteroatoms. The minimum absolute atomic E-state index is 0.312. The van der Waals surface area contributed by atoms with Crippen molar-refractivity contribution in [2.75, 3.05) is 6.61 Å². The van der Waals surface area contributed by atoms with E-state index < -0.39 is 0 Å². The number of aliphatic hydroxyl groups excluding tert-OH is 1. The summed E-state index contributed by atoms with van der Waals surface area (Å²) in [5.74, 6) is 3.09. The number of aliphatic hydroxyl groups is 1. The van der Waals surface area contributed by atoms with Gasteiger partial charge in [-0.25, -0.2) is 0 Å². The zero-order valence-corrected chi connectivity index (χ0v) is 10.6. The third-order valence-electron chi connectivity index (χ3n) is 5.26. The summed E-state index contributed by atoms with van der Waals surface area (Å²) in [6, 6.07) is 6.25. The van der Waals surface area contributed by atoms with Crippen LogP contribution < -0.4 is 4.74 Å². The summed E-state index contributed by atoms with van der Waals surface area (Å²) in [5, 5.41) is 10.7. The molecule has 4 unspecified atom stereocenters. The number of hydrogen-bond acceptors (Lipinski definition) is 2. The summed E-state index contributed by atoms with van der Waals surface area (Å²) in [6.07, 6.45) is 5.95. The van der Waals surface area contributed by atoms with Gasteiger partial charge in [-0.05, 0) is 42.6 Å². The topological polar surface area (TPSA) is 29.5 Å². The van der Waals surface area contributed by atoms with Crippen LogP contribution in [0.3, 0.4) is 0 Å². The Kier molecular flexibility index (Phi) is 2.41. The molecule has 4 atom stereocenters. The lowest BCUT2D eigenvalue weighted by atomic mass is 9.81. The van der Waals surface area contributed by atoms with E-state index in [1.54, 1.807) is 0 Å². The Morgan fingerprint density at radius 1 is 1.22 bits per heavy atom. The Balaban J connectivity index is 1.65. The minimum Gasteiger partial charge on any atom is -0.493 e. The highest BCUT2D eigenvalue weighted by atomic mass is 16.5. The SMILES string of the molecule is OC(c1cccc2c1OCC2)C1CC2CCC1C2. The molecule has 2 saturated carbocycles. The minimum atomic E-state index is -0.312. The van der Waals surface area contributed by atoms with Gasteiger partial charge in [-0.2, -0.15) is 0 Å². The monoisotopic (exact) mass is 244 g/mol. The third-order valence-corrected chi connectivity index (χ3v) is 5.26. The van der Waals surface area contributed by atoms with Gasteiger partial charge in [-0.3, -0.25) is 0 Å². The van der Waals surface area contributed by atoms with Gasteiger partial charge >= 0.3 is 0 Å². The van der Waals surface area contributed by atoms with Crippen LogP contribution in [0.1, 0.15) is 42.9 Å². The maximum absolute atomic E-state index is 10.7. The second-order valence-electron chi connectivity index (χ2n) is 6.22. The molecule has 4 rings (SSSR count). The smallest absolute Gasteiger partial charge is 0.128 e. The summed E-state index contributed by atoms with van der Waals surface area (Å²) in [6.45, 7) is 0.774. The average molecular weight is 244 g/mol. The Labute approximate surface area is 108 Å². The fourth-order valence-corrected chi connectivity index (χ4v) is 4.38. The summed E-state index contributed by atoms with van der Waals surface area (Å²) < 4.78 is 5.73. The van der Waals surface area contributed by atoms with Crippen molar-refractivity contribution in [3.63, 3.8) is 0 Å². The van der Waals surface area contributed by atoms with Gasteiger partial charge < -0.3 is 9.84 Å². The van der Waals surface area contributed by atoms with Crippen LogP contribution >= 0.6 is 0 Å². The van der Waals surface area contributed by atoms with Crippen LogP contribution in [0.5, 0.6) is 5.75 Å². The molecule has 1 aromatic rings. The molecule has 0 radical (unpaired) electrons. The van der Waals surface area contributed by atoms with E-state index in [1.165, 1.54) is 31.2 Å². The van der Waals surface area contributed by atoms with E-state index in [0.29, 0.717) is 5.92 Å². The van der Waals surface area contributed by atoms with E-state index in [-0.39, 0.29) is 6.10 Å². The first-order valence-corrected chi connectivity index (χ1v) is 7.25. The second kappa shape index (κ2) is 3.99. The van der Waals surface area contributed by atoms with E-state index in [4.69, 9.17) is 4.74 Å². The molecular weight excluding hydrogens is 224 g/mol. The summed E-state index contributed by atoms with van der Waals surface area (Å²) in [5.41, 5.74) is 2.32. The van der Waals surface area contributed by atoms with E-state index in [9.17, 15) is 5.11 Å². The van der Waals surface area contributed by atoms with Gasteiger partial charge in [0, 0.05) is 12.0 Å². The number of ether oxygens (including phenoxy) is 1. The van der Waals surface area contributed by atoms with Crippen molar-refractivity contribution in [1.82, 2.24) is 0 Å². The molecule has 1 heterocycles. The first-order valence-electron chi connectivity index (χ1n) is 7.25. The second-order valence-corrected chi connectivity index (χ2v) is 6.22. The Hall–Kier alpha value is -1.02. The predicted molar refractivity (Wildman–Crippen MR) is 69.5 cm³/mol. The van der Waals surface area contributed by atoms with E-state index in [2.05, 4.69) is 18.2 Å². The molecular formula is C16H20O2. The van der Waals surface area contributed by atoms with Crippen molar-refractivity contribution >= 4 is 0 Å². The molecule has 1 N–H and O–H groups in total. The lowest BCUT2D eigenvalue weighted by Gasteiger charge is -2.27. The summed E-state index contributed by atoms with van der Waals surface area (Å²) >= 11 is 0. The molecule has 0 amide bonds. The highest BCUT2D eigenvalue weighted by Crippen LogP contribution is 2.53. The molecule has 0 saturated heterocycles. The molecule has 1 aromatic carbocycles. The van der Waals surface area contributed by atoms with Crippen molar-refractivity contribution in [2.45, 2.75) is 38.2 Å². The van der Waals surface area contributed by atoms with E-state index >= 15 is 0 Å². The molecule has 18 heavy (non-hydrogen) atoms. The van der Waals surface area contributed by atoms with E-state index in [0.717, 1.165) is 36.2 Å². The molecule has 0 spiro atoms. The van der Waals surface area contributed by atoms with Gasteiger partial charge in [0.25, 0.3) is 0 Å². The summed E-state index contributed by atoms with van der Waals surface area (Å²) in [7, 11) is 0. The lowest BCUT2D eigenvalue weighted by Crippen LogP contribution is -2.19. The van der Waals surface area contributed by atoms with Crippen molar-refractivity contribution in [3.8, 4) is 5.75 Å². The van der Waals surface area contributed by atoms with E-state index in [1.807, 2.05) is 0 Å². The van der Waals surface area contributed by atoms with Crippen molar-refractivity contribution in [3.05, 3.63) is 29.3 Å². The molecule has 2 aliphatic carbocycles. The molecule has 1 aliphatic heterocycles. The number of fused-ring (bicyclic) bond motifs is 3. The van der Waals surface area contributed by atoms with Crippen LogP contribution in [-0.4, -0.2) is 11.7 Å². The fourth-order valence-electron chi connectivity index (χ4n) is 4.38. The van der Waals surface area contributed by atoms with Crippen LogP contribution in [0, 0.1) is 17.8 Å². The lowest BCUT2D eigenvalue weighted by molar-refractivity contribution is 0.0722. The zero-order valence-electron chi connectivity index (χ0n) is 10.6. The first-order chi connectivity index (χ1) is 8.83. The molecule has 2 nitrogen and oxygen atoms in total. The predicted octanol–water partition coefficient (Wildman–Crippen LogP) is 3.09. The quantitative estimate of drug-likeness (QED) is 0.866. The highest BCUT2D eigenvalue weighted by molar-refractivity contribution is 5.45. The molecule has 0 aromatic heterocycles. The molecule has 2 bridgehead atoms. The first kappa shape index (κ1) is 10.9. The van der Waals surface area contributed by atoms with Crippen LogP contribution in [-0.2, 0) is 6.42 Å². The zero-order chi connectivity index (χ0) is 12.1. The number of hydrogen-bond donors (Lipinski definition) is 1. The molecule has 2 fully saturated rings. The van der Waals surface area contributed by atoms with Crippen molar-refractivity contribution in [2.24, 2.45) is 17.8 Å². The van der Waals surface area contributed by atoms with Gasteiger partial charge in [0.2, 0.25) is 0 Å². The normalized spacial score (nSPS) is 34.4. The van der Waals surface area contributed by atoms with Gasteiger partial charge in [-0.1, -0.05) is 24.6 Å². The van der Waals surface area contributed by atoms with Crippen LogP contribution in [0.15, 0.2) is 18.2 Å². The maximum Gasteiger partial charge on any atom is 0.128 e. The highest BCUT2D eigenvalue weighted by Gasteiger charge is 2.43. The van der Waals surface area contributed by atoms with Crippen molar-refractivity contribution < 1.29 is 9.84 Å². The largest absolute Gasteiger partial charge is 0.493 e. The average Bonchev–Trinajstić information content (AvgIpc) is 3.12. The van der Waals surface area contributed by atoms with Crippen LogP contribution in [0.2, 0.25) is 0 Å². The van der Waals surface area contributed by atoms with Gasteiger partial charge in [0.1, 0.15) is 5.75 Å². The number of benzene rings is 1. The standard InChI is InChI=1S/C16H20O2/c17-15(14-9-10-4-5-12(14)8-10)13-3-1-2-11-6-7-18-16(11)13/h1-3,10,12,14-15,17H,4-9H2. The van der Waals surface area contributed by atoms with Crippen molar-refractivity contribution in [1.29, 1.82) is 0 Å². The molecule has 96 valence electrons. The number of para-hydroxylation sites is 1. The van der Waals surface area contributed by atoms with Crippen LogP contribution in [0.4, 0.5) is 0 Å². The Morgan fingerprint density at radius 3 is 2.94 bits per heavy atom. The van der Waals surface area contributed by atoms with Gasteiger partial charge in [0.15, 0.2) is 0 Å². The maximum atomic E-state index is 10.7. The van der Waals surface area contributed by atoms with Gasteiger partial charge in [0.05, 0.1) is 12.7 Å². The van der Waals surface area contributed by atoms with Gasteiger partial charge in [-0.15, -0.1) is 0 Å². The Bertz CT molecular complexity index is 468. The fraction of sp³-hybridized carbons (Fsp3) is 0.625. The third kappa shape index (κ3) is 1.51. The summed E-state index contributed by atoms with van der Waals surface area (Å²) in [4.78, 5) is 0. The van der Waals surface area contributed by atoms with Crippen LogP contribution in [0.25, 0.3) is 0 Å². The number of rotatable bonds is 2. The Morgan fingerprint density at radius 2 is 2.17 bits per heavy atom.